The number of nitrogen functional groups attached to an aromatic ring is 1. The zero-order valence-electron chi connectivity index (χ0n) is 36.0. The monoisotopic (exact) mass is 780 g/mol. The number of unbranched alkanes of at least 4 members (excludes halogenated alkanes) is 7. The molecule has 0 aliphatic heterocycles. The molecule has 8 nitrogen and oxygen atoms in total. The van der Waals surface area contributed by atoms with E-state index in [0.29, 0.717) is 28.9 Å². The van der Waals surface area contributed by atoms with Crippen molar-refractivity contribution >= 4 is 23.0 Å². The number of hydrogen-bond acceptors (Lipinski definition) is 7. The summed E-state index contributed by atoms with van der Waals surface area (Å²) in [5.41, 5.74) is 10.4. The molecule has 4 aliphatic carbocycles. The van der Waals surface area contributed by atoms with Gasteiger partial charge in [-0.1, -0.05) is 110 Å². The van der Waals surface area contributed by atoms with Crippen LogP contribution in [0.4, 0.5) is 5.82 Å². The summed E-state index contributed by atoms with van der Waals surface area (Å²) in [4.78, 5) is 26.1. The summed E-state index contributed by atoms with van der Waals surface area (Å²) in [6.07, 6.45) is 29.3. The number of fused-ring (bicyclic) bond motifs is 6. The molecule has 2 aromatic heterocycles. The quantitative estimate of drug-likeness (QED) is 0.0733. The lowest BCUT2D eigenvalue weighted by Gasteiger charge is -2.58. The van der Waals surface area contributed by atoms with E-state index in [-0.39, 0.29) is 17.5 Å². The number of aryl methyl sites for hydroxylation is 1. The number of carbonyl (C=O) groups is 1. The Morgan fingerprint density at radius 1 is 0.895 bits per heavy atom. The highest BCUT2D eigenvalue weighted by molar-refractivity contribution is 5.90. The van der Waals surface area contributed by atoms with Gasteiger partial charge < -0.3 is 19.8 Å². The minimum Gasteiger partial charge on any atom is -0.494 e. The number of hydrogen-bond donors (Lipinski definition) is 1. The molecule has 2 heterocycles. The molecular formula is C49H73N5O3. The van der Waals surface area contributed by atoms with Gasteiger partial charge in [0.15, 0.2) is 11.5 Å². The Morgan fingerprint density at radius 3 is 2.49 bits per heavy atom. The second-order valence-corrected chi connectivity index (χ2v) is 19.6. The van der Waals surface area contributed by atoms with Crippen molar-refractivity contribution in [2.45, 2.75) is 169 Å². The third kappa shape index (κ3) is 9.41. The summed E-state index contributed by atoms with van der Waals surface area (Å²) in [5, 5.41) is 0. The minimum absolute atomic E-state index is 0.0404. The lowest BCUT2D eigenvalue weighted by atomic mass is 9.47. The van der Waals surface area contributed by atoms with Gasteiger partial charge in [-0.15, -0.1) is 0 Å². The molecule has 3 saturated carbocycles. The number of esters is 1. The average molecular weight is 780 g/mol. The van der Waals surface area contributed by atoms with Crippen LogP contribution in [0.15, 0.2) is 48.6 Å². The lowest BCUT2D eigenvalue weighted by molar-refractivity contribution is -0.0594. The molecule has 8 heteroatoms. The van der Waals surface area contributed by atoms with Crippen molar-refractivity contribution in [3.63, 3.8) is 0 Å². The summed E-state index contributed by atoms with van der Waals surface area (Å²) in [5.74, 6) is 6.01. The van der Waals surface area contributed by atoms with E-state index in [1.807, 2.05) is 30.6 Å². The average Bonchev–Trinajstić information content (AvgIpc) is 3.78. The Morgan fingerprint density at radius 2 is 1.68 bits per heavy atom. The van der Waals surface area contributed by atoms with Gasteiger partial charge in [-0.25, -0.2) is 19.7 Å². The molecule has 0 unspecified atom stereocenters. The molecule has 3 aromatic rings. The van der Waals surface area contributed by atoms with E-state index in [1.165, 1.54) is 89.8 Å². The molecule has 4 aliphatic rings. The van der Waals surface area contributed by atoms with E-state index >= 15 is 0 Å². The Hall–Kier alpha value is -3.42. The second kappa shape index (κ2) is 18.7. The maximum atomic E-state index is 13.4. The van der Waals surface area contributed by atoms with Crippen LogP contribution < -0.4 is 10.5 Å². The molecule has 0 bridgehead atoms. The normalized spacial score (nSPS) is 28.7. The van der Waals surface area contributed by atoms with Crippen LogP contribution in [0.25, 0.3) is 11.2 Å². The molecule has 2 N–H and O–H groups in total. The van der Waals surface area contributed by atoms with Crippen molar-refractivity contribution in [2.24, 2.45) is 46.3 Å². The molecule has 7 rings (SSSR count). The number of nitrogens with zero attached hydrogens (tertiary/aromatic N) is 4. The third-order valence-electron chi connectivity index (χ3n) is 15.6. The largest absolute Gasteiger partial charge is 0.494 e. The van der Waals surface area contributed by atoms with Crippen molar-refractivity contribution in [3.05, 3.63) is 54.1 Å². The van der Waals surface area contributed by atoms with Gasteiger partial charge >= 0.3 is 5.97 Å². The summed E-state index contributed by atoms with van der Waals surface area (Å²) in [7, 11) is 0. The van der Waals surface area contributed by atoms with E-state index in [9.17, 15) is 4.79 Å². The van der Waals surface area contributed by atoms with E-state index in [1.54, 1.807) is 5.57 Å². The summed E-state index contributed by atoms with van der Waals surface area (Å²) >= 11 is 0. The van der Waals surface area contributed by atoms with Crippen molar-refractivity contribution in [1.29, 1.82) is 0 Å². The molecule has 0 spiro atoms. The van der Waals surface area contributed by atoms with Gasteiger partial charge in [0.2, 0.25) is 0 Å². The van der Waals surface area contributed by atoms with Crippen molar-refractivity contribution < 1.29 is 14.3 Å². The Kier molecular flexibility index (Phi) is 13.7. The maximum Gasteiger partial charge on any atom is 0.338 e. The number of benzene rings is 1. The Bertz CT molecular complexity index is 1820. The van der Waals surface area contributed by atoms with Gasteiger partial charge in [0.05, 0.1) is 18.5 Å². The molecule has 0 amide bonds. The molecule has 1 aromatic carbocycles. The van der Waals surface area contributed by atoms with E-state index < -0.39 is 0 Å². The first-order valence-corrected chi connectivity index (χ1v) is 23.1. The summed E-state index contributed by atoms with van der Waals surface area (Å²) in [6, 6.07) is 7.61. The molecule has 0 saturated heterocycles. The zero-order chi connectivity index (χ0) is 40.0. The van der Waals surface area contributed by atoms with Crippen molar-refractivity contribution in [3.8, 4) is 5.75 Å². The number of rotatable bonds is 19. The van der Waals surface area contributed by atoms with Gasteiger partial charge in [-0.05, 0) is 122 Å². The van der Waals surface area contributed by atoms with Gasteiger partial charge in [0, 0.05) is 13.0 Å². The topological polar surface area (TPSA) is 105 Å². The number of nitrogens with two attached hydrogens (primary N) is 1. The zero-order valence-corrected chi connectivity index (χ0v) is 36.0. The molecule has 3 fully saturated rings. The van der Waals surface area contributed by atoms with E-state index in [2.05, 4.69) is 60.2 Å². The number of carbonyl (C=O) groups excluding carboxylic acids is 1. The minimum atomic E-state index is -0.215. The summed E-state index contributed by atoms with van der Waals surface area (Å²) in [6.45, 7) is 14.1. The molecule has 57 heavy (non-hydrogen) atoms. The highest BCUT2D eigenvalue weighted by Gasteiger charge is 2.59. The highest BCUT2D eigenvalue weighted by atomic mass is 16.5. The molecule has 0 radical (unpaired) electrons. The van der Waals surface area contributed by atoms with E-state index in [0.717, 1.165) is 92.0 Å². The predicted molar refractivity (Wildman–Crippen MR) is 231 cm³/mol. The number of allylic oxidation sites excluding steroid dienone is 1. The smallest absolute Gasteiger partial charge is 0.338 e. The number of imidazole rings is 1. The maximum absolute atomic E-state index is 13.4. The predicted octanol–water partition coefficient (Wildman–Crippen LogP) is 12.2. The standard InChI is InChI=1S/C49H73N5O3/c1-34(2)16-14-17-35(3)41-22-23-42-40-21-20-37-31-39(24-26-48(37,4)43(40)25-27-49(41,42)5)57-47(55)36-18-15-19-38(30-36)56-29-13-11-9-7-6-8-10-12-28-54-33-53-44-45(50)51-32-52-46(44)54/h15,18-20,30,32-35,39-43H,6-14,16-17,21-29,31H2,1-5H3,(H2,50,51,52)/t35-,39+,40+,41-,42+,43+,48+,49-/m1/s1. The summed E-state index contributed by atoms with van der Waals surface area (Å²) < 4.78 is 14.4. The van der Waals surface area contributed by atoms with Gasteiger partial charge in [0.1, 0.15) is 23.7 Å². The number of ether oxygens (including phenoxy) is 2. The molecular weight excluding hydrogens is 707 g/mol. The second-order valence-electron chi connectivity index (χ2n) is 19.6. The van der Waals surface area contributed by atoms with Crippen molar-refractivity contribution in [2.75, 3.05) is 12.3 Å². The van der Waals surface area contributed by atoms with Gasteiger partial charge in [0.25, 0.3) is 0 Å². The first kappa shape index (κ1) is 41.7. The van der Waals surface area contributed by atoms with Crippen LogP contribution >= 0.6 is 0 Å². The Balaban J connectivity index is 0.798. The number of anilines is 1. The SMILES string of the molecule is CC(C)CCC[C@@H](C)[C@H]1CC[C@H]2[C@@H]3CC=C4C[C@@H](OC(=O)c5cccc(OCCCCCCCCCCn6cnc7c(N)ncnc76)c5)CC[C@]4(C)[C@H]3CC[C@]12C. The fourth-order valence-corrected chi connectivity index (χ4v) is 12.4. The highest BCUT2D eigenvalue weighted by Crippen LogP contribution is 2.67. The fraction of sp³-hybridized carbons (Fsp3) is 0.714. The van der Waals surface area contributed by atoms with Crippen LogP contribution in [0.2, 0.25) is 0 Å². The van der Waals surface area contributed by atoms with Gasteiger partial charge in [-0.3, -0.25) is 0 Å². The van der Waals surface area contributed by atoms with Crippen LogP contribution in [-0.2, 0) is 11.3 Å². The van der Waals surface area contributed by atoms with E-state index in [4.69, 9.17) is 15.2 Å². The van der Waals surface area contributed by atoms with Gasteiger partial charge in [-0.2, -0.15) is 0 Å². The van der Waals surface area contributed by atoms with Crippen molar-refractivity contribution in [1.82, 2.24) is 19.5 Å². The first-order valence-electron chi connectivity index (χ1n) is 23.1. The van der Waals surface area contributed by atoms with Crippen LogP contribution in [0.5, 0.6) is 5.75 Å². The van der Waals surface area contributed by atoms with Crippen LogP contribution in [0.3, 0.4) is 0 Å². The van der Waals surface area contributed by atoms with Crippen LogP contribution in [0, 0.1) is 46.3 Å². The number of aromatic nitrogens is 4. The van der Waals surface area contributed by atoms with Crippen LogP contribution in [-0.4, -0.2) is 38.2 Å². The lowest BCUT2D eigenvalue weighted by Crippen LogP contribution is -2.51. The first-order chi connectivity index (χ1) is 27.6. The third-order valence-corrected chi connectivity index (χ3v) is 15.6. The van der Waals surface area contributed by atoms with Crippen LogP contribution in [0.1, 0.15) is 167 Å². The molecule has 312 valence electrons. The molecule has 8 atom stereocenters. The Labute approximate surface area is 343 Å². The fourth-order valence-electron chi connectivity index (χ4n) is 12.4.